The molecule has 120 valence electrons. The lowest BCUT2D eigenvalue weighted by Gasteiger charge is -2.36. The second-order valence-corrected chi connectivity index (χ2v) is 6.33. The standard InChI is InChI=1S/C19H24N4/c1-2-4-17(5-3-1)23-12-10-22(11-13-23)15-16-6-7-18-19(14-16)21-9-8-20-18/h1-7,14,20-21H,8-13,15H2. The number of benzene rings is 2. The van der Waals surface area contributed by atoms with Crippen molar-refractivity contribution in [1.82, 2.24) is 4.90 Å². The molecule has 2 aliphatic rings. The Balaban J connectivity index is 1.36. The van der Waals surface area contributed by atoms with E-state index in [0.717, 1.165) is 45.8 Å². The van der Waals surface area contributed by atoms with Crippen molar-refractivity contribution in [2.75, 3.05) is 54.8 Å². The highest BCUT2D eigenvalue weighted by molar-refractivity contribution is 5.71. The van der Waals surface area contributed by atoms with Gasteiger partial charge in [-0.25, -0.2) is 0 Å². The van der Waals surface area contributed by atoms with E-state index in [0.29, 0.717) is 0 Å². The van der Waals surface area contributed by atoms with Crippen LogP contribution < -0.4 is 15.5 Å². The first kappa shape index (κ1) is 14.4. The minimum atomic E-state index is 1.01. The largest absolute Gasteiger partial charge is 0.382 e. The predicted octanol–water partition coefficient (Wildman–Crippen LogP) is 2.85. The summed E-state index contributed by atoms with van der Waals surface area (Å²) in [5.41, 5.74) is 5.22. The van der Waals surface area contributed by atoms with Crippen molar-refractivity contribution in [3.05, 3.63) is 54.1 Å². The molecule has 0 atom stereocenters. The summed E-state index contributed by atoms with van der Waals surface area (Å²) in [6, 6.07) is 17.5. The topological polar surface area (TPSA) is 30.5 Å². The Kier molecular flexibility index (Phi) is 4.07. The van der Waals surface area contributed by atoms with Crippen molar-refractivity contribution < 1.29 is 0 Å². The highest BCUT2D eigenvalue weighted by Gasteiger charge is 2.17. The molecule has 2 N–H and O–H groups in total. The Morgan fingerprint density at radius 1 is 0.783 bits per heavy atom. The van der Waals surface area contributed by atoms with Gasteiger partial charge in [-0.3, -0.25) is 4.90 Å². The fraction of sp³-hybridized carbons (Fsp3) is 0.368. The summed E-state index contributed by atoms with van der Waals surface area (Å²) in [6.45, 7) is 7.51. The van der Waals surface area contributed by atoms with E-state index >= 15 is 0 Å². The lowest BCUT2D eigenvalue weighted by molar-refractivity contribution is 0.250. The molecule has 0 aliphatic carbocycles. The third-order valence-corrected chi connectivity index (χ3v) is 4.74. The van der Waals surface area contributed by atoms with Crippen molar-refractivity contribution >= 4 is 17.1 Å². The van der Waals surface area contributed by atoms with Gasteiger partial charge >= 0.3 is 0 Å². The number of nitrogens with one attached hydrogen (secondary N) is 2. The van der Waals surface area contributed by atoms with E-state index in [-0.39, 0.29) is 0 Å². The third-order valence-electron chi connectivity index (χ3n) is 4.74. The molecule has 0 saturated carbocycles. The van der Waals surface area contributed by atoms with Crippen molar-refractivity contribution in [2.24, 2.45) is 0 Å². The predicted molar refractivity (Wildman–Crippen MR) is 97.4 cm³/mol. The average molecular weight is 308 g/mol. The zero-order chi connectivity index (χ0) is 15.5. The Bertz CT molecular complexity index is 648. The van der Waals surface area contributed by atoms with Crippen LogP contribution >= 0.6 is 0 Å². The fourth-order valence-corrected chi connectivity index (χ4v) is 3.45. The number of anilines is 3. The molecule has 4 rings (SSSR count). The molecule has 0 radical (unpaired) electrons. The molecule has 4 nitrogen and oxygen atoms in total. The Labute approximate surface area is 138 Å². The normalized spacial score (nSPS) is 18.0. The molecule has 0 spiro atoms. The highest BCUT2D eigenvalue weighted by Crippen LogP contribution is 2.26. The molecular formula is C19H24N4. The van der Waals surface area contributed by atoms with E-state index in [9.17, 15) is 0 Å². The SMILES string of the molecule is c1ccc(N2CCN(Cc3ccc4c(c3)NCCN4)CC2)cc1. The van der Waals surface area contributed by atoms with Gasteiger partial charge in [0.2, 0.25) is 0 Å². The number of fused-ring (bicyclic) bond motifs is 1. The van der Waals surface area contributed by atoms with E-state index in [2.05, 4.69) is 69.0 Å². The summed E-state index contributed by atoms with van der Waals surface area (Å²) in [5, 5.41) is 6.91. The second-order valence-electron chi connectivity index (χ2n) is 6.33. The van der Waals surface area contributed by atoms with Crippen molar-refractivity contribution in [3.63, 3.8) is 0 Å². The zero-order valence-corrected chi connectivity index (χ0v) is 13.5. The van der Waals surface area contributed by atoms with Crippen molar-refractivity contribution in [3.8, 4) is 0 Å². The van der Waals surface area contributed by atoms with Gasteiger partial charge in [-0.1, -0.05) is 24.3 Å². The second kappa shape index (κ2) is 6.50. The molecule has 2 heterocycles. The average Bonchev–Trinajstić information content (AvgIpc) is 2.63. The molecule has 2 aromatic rings. The minimum absolute atomic E-state index is 1.01. The third kappa shape index (κ3) is 3.27. The maximum absolute atomic E-state index is 3.48. The molecule has 0 amide bonds. The molecule has 4 heteroatoms. The molecular weight excluding hydrogens is 284 g/mol. The van der Waals surface area contributed by atoms with Gasteiger partial charge in [0, 0.05) is 51.5 Å². The molecule has 0 bridgehead atoms. The molecule has 1 fully saturated rings. The van der Waals surface area contributed by atoms with Gasteiger partial charge in [-0.15, -0.1) is 0 Å². The summed E-state index contributed by atoms with van der Waals surface area (Å²) in [6.07, 6.45) is 0. The monoisotopic (exact) mass is 308 g/mol. The number of nitrogens with zero attached hydrogens (tertiary/aromatic N) is 2. The minimum Gasteiger partial charge on any atom is -0.382 e. The summed E-state index contributed by atoms with van der Waals surface area (Å²) in [7, 11) is 0. The number of hydrogen-bond acceptors (Lipinski definition) is 4. The van der Waals surface area contributed by atoms with E-state index in [1.807, 2.05) is 0 Å². The quantitative estimate of drug-likeness (QED) is 0.913. The van der Waals surface area contributed by atoms with E-state index in [4.69, 9.17) is 0 Å². The number of para-hydroxylation sites is 1. The summed E-state index contributed by atoms with van der Waals surface area (Å²) < 4.78 is 0. The van der Waals surface area contributed by atoms with Crippen LogP contribution in [-0.4, -0.2) is 44.2 Å². The van der Waals surface area contributed by atoms with Gasteiger partial charge in [0.1, 0.15) is 0 Å². The van der Waals surface area contributed by atoms with Crippen LogP contribution in [0.2, 0.25) is 0 Å². The van der Waals surface area contributed by atoms with Gasteiger partial charge in [-0.2, -0.15) is 0 Å². The van der Waals surface area contributed by atoms with Crippen LogP contribution in [0.15, 0.2) is 48.5 Å². The molecule has 0 aromatic heterocycles. The first-order valence-corrected chi connectivity index (χ1v) is 8.51. The van der Waals surface area contributed by atoms with Gasteiger partial charge in [0.15, 0.2) is 0 Å². The van der Waals surface area contributed by atoms with Crippen LogP contribution in [-0.2, 0) is 6.54 Å². The molecule has 2 aromatic carbocycles. The van der Waals surface area contributed by atoms with Crippen LogP contribution in [0, 0.1) is 0 Å². The van der Waals surface area contributed by atoms with Gasteiger partial charge in [-0.05, 0) is 29.8 Å². The van der Waals surface area contributed by atoms with Crippen molar-refractivity contribution in [2.45, 2.75) is 6.54 Å². The van der Waals surface area contributed by atoms with Crippen LogP contribution in [0.5, 0.6) is 0 Å². The maximum Gasteiger partial charge on any atom is 0.0579 e. The van der Waals surface area contributed by atoms with E-state index in [1.165, 1.54) is 22.6 Å². The van der Waals surface area contributed by atoms with Crippen LogP contribution in [0.3, 0.4) is 0 Å². The summed E-state index contributed by atoms with van der Waals surface area (Å²) in [5.74, 6) is 0. The van der Waals surface area contributed by atoms with E-state index < -0.39 is 0 Å². The molecule has 2 aliphatic heterocycles. The number of hydrogen-bond donors (Lipinski definition) is 2. The maximum atomic E-state index is 3.48. The zero-order valence-electron chi connectivity index (χ0n) is 13.5. The number of piperazine rings is 1. The first-order valence-electron chi connectivity index (χ1n) is 8.51. The summed E-state index contributed by atoms with van der Waals surface area (Å²) in [4.78, 5) is 5.03. The first-order chi connectivity index (χ1) is 11.4. The van der Waals surface area contributed by atoms with Crippen LogP contribution in [0.4, 0.5) is 17.1 Å². The van der Waals surface area contributed by atoms with Gasteiger partial charge in [0.25, 0.3) is 0 Å². The Hall–Kier alpha value is -2.20. The number of rotatable bonds is 3. The molecule has 0 unspecified atom stereocenters. The van der Waals surface area contributed by atoms with Crippen LogP contribution in [0.25, 0.3) is 0 Å². The fourth-order valence-electron chi connectivity index (χ4n) is 3.45. The lowest BCUT2D eigenvalue weighted by Crippen LogP contribution is -2.45. The van der Waals surface area contributed by atoms with E-state index in [1.54, 1.807) is 0 Å². The molecule has 1 saturated heterocycles. The molecule has 23 heavy (non-hydrogen) atoms. The van der Waals surface area contributed by atoms with Crippen molar-refractivity contribution in [1.29, 1.82) is 0 Å². The summed E-state index contributed by atoms with van der Waals surface area (Å²) >= 11 is 0. The smallest absolute Gasteiger partial charge is 0.0579 e. The Morgan fingerprint density at radius 3 is 2.30 bits per heavy atom. The van der Waals surface area contributed by atoms with Crippen LogP contribution in [0.1, 0.15) is 5.56 Å². The van der Waals surface area contributed by atoms with Gasteiger partial charge < -0.3 is 15.5 Å². The lowest BCUT2D eigenvalue weighted by atomic mass is 10.1. The Morgan fingerprint density at radius 2 is 1.52 bits per heavy atom. The van der Waals surface area contributed by atoms with Gasteiger partial charge in [0.05, 0.1) is 11.4 Å². The highest BCUT2D eigenvalue weighted by atomic mass is 15.3.